The summed E-state index contributed by atoms with van der Waals surface area (Å²) in [5.41, 5.74) is 1.23. The number of amides is 1. The summed E-state index contributed by atoms with van der Waals surface area (Å²) in [6, 6.07) is 7.18. The molecule has 0 atom stereocenters. The van der Waals surface area contributed by atoms with Gasteiger partial charge >= 0.3 is 0 Å². The van der Waals surface area contributed by atoms with E-state index in [4.69, 9.17) is 20.9 Å². The van der Waals surface area contributed by atoms with Crippen LogP contribution in [0.3, 0.4) is 0 Å². The van der Waals surface area contributed by atoms with E-state index in [1.807, 2.05) is 28.8 Å². The quantitative estimate of drug-likeness (QED) is 0.775. The summed E-state index contributed by atoms with van der Waals surface area (Å²) in [4.78, 5) is 14.9. The van der Waals surface area contributed by atoms with Crippen LogP contribution < -0.4 is 5.32 Å². The maximum Gasteiger partial charge on any atom is 0.261 e. The molecule has 8 heteroatoms. The lowest BCUT2D eigenvalue weighted by Crippen LogP contribution is -2.38. The molecule has 1 amide bonds. The van der Waals surface area contributed by atoms with E-state index in [9.17, 15) is 4.79 Å². The van der Waals surface area contributed by atoms with E-state index in [0.717, 1.165) is 30.2 Å². The van der Waals surface area contributed by atoms with Crippen LogP contribution in [0.2, 0.25) is 5.02 Å². The molecular weight excluding hydrogens is 362 g/mol. The molecule has 0 saturated carbocycles. The Bertz CT molecular complexity index is 714. The summed E-state index contributed by atoms with van der Waals surface area (Å²) in [7, 11) is 1.63. The largest absolute Gasteiger partial charge is 0.383 e. The van der Waals surface area contributed by atoms with Crippen molar-refractivity contribution < 1.29 is 14.1 Å². The zero-order valence-electron chi connectivity index (χ0n) is 14.0. The van der Waals surface area contributed by atoms with Gasteiger partial charge in [0.1, 0.15) is 5.56 Å². The number of hydrogen-bond acceptors (Lipinski definition) is 6. The summed E-state index contributed by atoms with van der Waals surface area (Å²) >= 11 is 7.82. The summed E-state index contributed by atoms with van der Waals surface area (Å²) in [6.07, 6.45) is 0. The van der Waals surface area contributed by atoms with Crippen molar-refractivity contribution in [2.45, 2.75) is 0 Å². The molecule has 2 aromatic rings. The predicted molar refractivity (Wildman–Crippen MR) is 101 cm³/mol. The Hall–Kier alpha value is -1.70. The Morgan fingerprint density at radius 1 is 1.36 bits per heavy atom. The van der Waals surface area contributed by atoms with Crippen LogP contribution in [0.5, 0.6) is 0 Å². The lowest BCUT2D eigenvalue weighted by atomic mass is 10.1. The molecule has 134 valence electrons. The van der Waals surface area contributed by atoms with Gasteiger partial charge in [-0.1, -0.05) is 16.8 Å². The summed E-state index contributed by atoms with van der Waals surface area (Å²) in [5, 5.41) is 7.83. The Morgan fingerprint density at radius 2 is 2.08 bits per heavy atom. The predicted octanol–water partition coefficient (Wildman–Crippen LogP) is 3.24. The van der Waals surface area contributed by atoms with E-state index >= 15 is 0 Å². The molecule has 1 saturated heterocycles. The first-order chi connectivity index (χ1) is 12.2. The number of carbonyl (C=O) groups is 1. The van der Waals surface area contributed by atoms with Gasteiger partial charge in [-0.25, -0.2) is 0 Å². The van der Waals surface area contributed by atoms with E-state index in [-0.39, 0.29) is 5.91 Å². The van der Waals surface area contributed by atoms with E-state index < -0.39 is 0 Å². The number of nitrogens with one attached hydrogen (secondary N) is 1. The number of benzene rings is 1. The smallest absolute Gasteiger partial charge is 0.261 e. The number of nitrogens with zero attached hydrogens (tertiary/aromatic N) is 2. The van der Waals surface area contributed by atoms with Gasteiger partial charge in [0, 0.05) is 48.8 Å². The molecule has 1 aliphatic rings. The molecule has 0 radical (unpaired) electrons. The molecule has 0 spiro atoms. The molecule has 1 fully saturated rings. The standard InChI is InChI=1S/C17H20ClN3O3S/c1-23-9-6-19-16-14(17(22)21-7-10-25-11-8-21)15(24-20-16)12-2-4-13(18)5-3-12/h2-5H,6-11H2,1H3,(H,19,20). The van der Waals surface area contributed by atoms with Gasteiger partial charge < -0.3 is 19.5 Å². The van der Waals surface area contributed by atoms with Crippen molar-refractivity contribution >= 4 is 35.1 Å². The number of ether oxygens (including phenoxy) is 1. The molecule has 1 N–H and O–H groups in total. The van der Waals surface area contributed by atoms with Crippen LogP contribution in [0.4, 0.5) is 5.82 Å². The van der Waals surface area contributed by atoms with Gasteiger partial charge in [-0.05, 0) is 24.3 Å². The maximum absolute atomic E-state index is 13.1. The van der Waals surface area contributed by atoms with Crippen molar-refractivity contribution in [3.8, 4) is 11.3 Å². The third-order valence-electron chi connectivity index (χ3n) is 3.91. The number of aromatic nitrogens is 1. The van der Waals surface area contributed by atoms with Crippen molar-refractivity contribution in [1.82, 2.24) is 10.1 Å². The Morgan fingerprint density at radius 3 is 2.76 bits per heavy atom. The van der Waals surface area contributed by atoms with Crippen LogP contribution in [-0.2, 0) is 4.74 Å². The number of rotatable bonds is 6. The van der Waals surface area contributed by atoms with E-state index in [1.54, 1.807) is 19.2 Å². The number of thioether (sulfide) groups is 1. The average Bonchev–Trinajstić information content (AvgIpc) is 3.06. The minimum absolute atomic E-state index is 0.0635. The third kappa shape index (κ3) is 4.29. The van der Waals surface area contributed by atoms with Gasteiger partial charge in [-0.2, -0.15) is 11.8 Å². The lowest BCUT2D eigenvalue weighted by molar-refractivity contribution is 0.0773. The molecule has 6 nitrogen and oxygen atoms in total. The van der Waals surface area contributed by atoms with Crippen LogP contribution in [0.15, 0.2) is 28.8 Å². The van der Waals surface area contributed by atoms with Gasteiger partial charge in [0.25, 0.3) is 5.91 Å². The monoisotopic (exact) mass is 381 g/mol. The highest BCUT2D eigenvalue weighted by Crippen LogP contribution is 2.31. The fraction of sp³-hybridized carbons (Fsp3) is 0.412. The zero-order chi connectivity index (χ0) is 17.6. The molecule has 0 bridgehead atoms. The molecule has 25 heavy (non-hydrogen) atoms. The second-order valence-corrected chi connectivity index (χ2v) is 7.23. The van der Waals surface area contributed by atoms with Gasteiger partial charge in [0.05, 0.1) is 6.61 Å². The normalized spacial score (nSPS) is 14.6. The van der Waals surface area contributed by atoms with Gasteiger partial charge in [-0.3, -0.25) is 4.79 Å². The number of hydrogen-bond donors (Lipinski definition) is 1. The highest BCUT2D eigenvalue weighted by atomic mass is 35.5. The van der Waals surface area contributed by atoms with Crippen LogP contribution in [0, 0.1) is 0 Å². The van der Waals surface area contributed by atoms with Crippen molar-refractivity contribution in [2.24, 2.45) is 0 Å². The van der Waals surface area contributed by atoms with Gasteiger partial charge in [-0.15, -0.1) is 0 Å². The number of halogens is 1. The Labute approximate surface area is 155 Å². The zero-order valence-corrected chi connectivity index (χ0v) is 15.5. The second kappa shape index (κ2) is 8.60. The first-order valence-corrected chi connectivity index (χ1v) is 9.59. The minimum Gasteiger partial charge on any atom is -0.383 e. The van der Waals surface area contributed by atoms with Crippen molar-refractivity contribution in [2.75, 3.05) is 50.2 Å². The van der Waals surface area contributed by atoms with E-state index in [0.29, 0.717) is 35.3 Å². The first-order valence-electron chi connectivity index (χ1n) is 8.06. The summed E-state index contributed by atoms with van der Waals surface area (Å²) in [5.74, 6) is 2.73. The van der Waals surface area contributed by atoms with Crippen LogP contribution >= 0.6 is 23.4 Å². The van der Waals surface area contributed by atoms with Crippen molar-refractivity contribution in [1.29, 1.82) is 0 Å². The molecule has 3 rings (SSSR count). The first kappa shape index (κ1) is 18.1. The summed E-state index contributed by atoms with van der Waals surface area (Å²) in [6.45, 7) is 2.51. The average molecular weight is 382 g/mol. The van der Waals surface area contributed by atoms with Crippen LogP contribution in [0.25, 0.3) is 11.3 Å². The SMILES string of the molecule is COCCNc1noc(-c2ccc(Cl)cc2)c1C(=O)N1CCSCC1. The fourth-order valence-corrected chi connectivity index (χ4v) is 3.63. The van der Waals surface area contributed by atoms with Gasteiger partial charge in [0.15, 0.2) is 11.6 Å². The molecule has 0 aliphatic carbocycles. The van der Waals surface area contributed by atoms with E-state index in [2.05, 4.69) is 10.5 Å². The highest BCUT2D eigenvalue weighted by molar-refractivity contribution is 7.99. The number of anilines is 1. The second-order valence-electron chi connectivity index (χ2n) is 5.57. The van der Waals surface area contributed by atoms with Crippen LogP contribution in [-0.4, -0.2) is 60.8 Å². The van der Waals surface area contributed by atoms with Crippen LogP contribution in [0.1, 0.15) is 10.4 Å². The topological polar surface area (TPSA) is 67.6 Å². The van der Waals surface area contributed by atoms with Gasteiger partial charge in [0.2, 0.25) is 0 Å². The highest BCUT2D eigenvalue weighted by Gasteiger charge is 2.29. The molecule has 0 unspecified atom stereocenters. The molecular formula is C17H20ClN3O3S. The molecule has 1 aromatic heterocycles. The fourth-order valence-electron chi connectivity index (χ4n) is 2.60. The lowest BCUT2D eigenvalue weighted by Gasteiger charge is -2.26. The molecule has 1 aromatic carbocycles. The minimum atomic E-state index is -0.0635. The molecule has 2 heterocycles. The Balaban J connectivity index is 1.93. The Kier molecular flexibility index (Phi) is 6.23. The number of carbonyl (C=O) groups excluding carboxylic acids is 1. The van der Waals surface area contributed by atoms with Crippen molar-refractivity contribution in [3.63, 3.8) is 0 Å². The third-order valence-corrected chi connectivity index (χ3v) is 5.10. The van der Waals surface area contributed by atoms with Crippen molar-refractivity contribution in [3.05, 3.63) is 34.9 Å². The van der Waals surface area contributed by atoms with E-state index in [1.165, 1.54) is 0 Å². The number of methoxy groups -OCH3 is 1. The molecule has 1 aliphatic heterocycles. The maximum atomic E-state index is 13.1. The summed E-state index contributed by atoms with van der Waals surface area (Å²) < 4.78 is 10.6.